The van der Waals surface area contributed by atoms with E-state index in [2.05, 4.69) is 9.80 Å². The summed E-state index contributed by atoms with van der Waals surface area (Å²) in [6, 6.07) is 6.03. The third-order valence-corrected chi connectivity index (χ3v) is 4.34. The van der Waals surface area contributed by atoms with Gasteiger partial charge in [0.1, 0.15) is 0 Å². The van der Waals surface area contributed by atoms with Crippen LogP contribution in [0.3, 0.4) is 0 Å². The van der Waals surface area contributed by atoms with Gasteiger partial charge in [0, 0.05) is 30.4 Å². The van der Waals surface area contributed by atoms with Crippen LogP contribution in [0.2, 0.25) is 0 Å². The van der Waals surface area contributed by atoms with Crippen LogP contribution in [0.15, 0.2) is 18.2 Å². The molecule has 1 aliphatic rings. The Morgan fingerprint density at radius 1 is 1.24 bits per heavy atom. The summed E-state index contributed by atoms with van der Waals surface area (Å²) >= 11 is 0. The standard InChI is InChI=1S/C17H27N3O/c1-13-8-9-14(12-16(13)18)17(21)20(11-10-19(2)3)15-6-4-5-7-15/h8-9,12,15H,4-7,10-11,18H2,1-3H3. The zero-order valence-corrected chi connectivity index (χ0v) is 13.4. The van der Waals surface area contributed by atoms with Gasteiger partial charge in [0.05, 0.1) is 0 Å². The van der Waals surface area contributed by atoms with Crippen molar-refractivity contribution in [2.75, 3.05) is 32.9 Å². The zero-order chi connectivity index (χ0) is 15.4. The maximum atomic E-state index is 12.9. The van der Waals surface area contributed by atoms with E-state index in [0.717, 1.165) is 31.5 Å². The Hall–Kier alpha value is -1.55. The van der Waals surface area contributed by atoms with Gasteiger partial charge in [0.25, 0.3) is 5.91 Å². The Morgan fingerprint density at radius 3 is 2.48 bits per heavy atom. The summed E-state index contributed by atoms with van der Waals surface area (Å²) < 4.78 is 0. The van der Waals surface area contributed by atoms with Gasteiger partial charge >= 0.3 is 0 Å². The Labute approximate surface area is 127 Å². The molecule has 21 heavy (non-hydrogen) atoms. The van der Waals surface area contributed by atoms with E-state index in [1.54, 1.807) is 0 Å². The Kier molecular flexibility index (Phi) is 5.23. The molecule has 1 aromatic rings. The fourth-order valence-corrected chi connectivity index (χ4v) is 2.91. The number of benzene rings is 1. The molecule has 1 saturated carbocycles. The number of anilines is 1. The van der Waals surface area contributed by atoms with Crippen molar-refractivity contribution in [1.29, 1.82) is 0 Å². The summed E-state index contributed by atoms with van der Waals surface area (Å²) in [6.45, 7) is 3.64. The predicted octanol–water partition coefficient (Wildman–Crippen LogP) is 2.52. The first-order valence-electron chi connectivity index (χ1n) is 7.81. The van der Waals surface area contributed by atoms with Crippen molar-refractivity contribution in [3.05, 3.63) is 29.3 Å². The van der Waals surface area contributed by atoms with Crippen molar-refractivity contribution in [2.45, 2.75) is 38.6 Å². The van der Waals surface area contributed by atoms with Crippen LogP contribution in [0.5, 0.6) is 0 Å². The lowest BCUT2D eigenvalue weighted by Crippen LogP contribution is -2.42. The summed E-state index contributed by atoms with van der Waals surface area (Å²) in [7, 11) is 4.09. The van der Waals surface area contributed by atoms with Gasteiger partial charge in [-0.2, -0.15) is 0 Å². The van der Waals surface area contributed by atoms with Crippen LogP contribution in [-0.2, 0) is 0 Å². The van der Waals surface area contributed by atoms with Gasteiger partial charge in [-0.1, -0.05) is 18.9 Å². The van der Waals surface area contributed by atoms with Gasteiger partial charge in [-0.25, -0.2) is 0 Å². The minimum atomic E-state index is 0.121. The van der Waals surface area contributed by atoms with Crippen molar-refractivity contribution in [1.82, 2.24) is 9.80 Å². The molecule has 2 rings (SSSR count). The molecule has 0 radical (unpaired) electrons. The van der Waals surface area contributed by atoms with Gasteiger partial charge in [0.15, 0.2) is 0 Å². The molecule has 0 bridgehead atoms. The number of carbonyl (C=O) groups excluding carboxylic acids is 1. The van der Waals surface area contributed by atoms with E-state index in [-0.39, 0.29) is 5.91 Å². The maximum Gasteiger partial charge on any atom is 0.254 e. The van der Waals surface area contributed by atoms with Gasteiger partial charge in [-0.15, -0.1) is 0 Å². The van der Waals surface area contributed by atoms with Crippen molar-refractivity contribution in [3.8, 4) is 0 Å². The second-order valence-corrected chi connectivity index (χ2v) is 6.31. The Morgan fingerprint density at radius 2 is 1.90 bits per heavy atom. The van der Waals surface area contributed by atoms with Gasteiger partial charge in [-0.3, -0.25) is 4.79 Å². The smallest absolute Gasteiger partial charge is 0.254 e. The van der Waals surface area contributed by atoms with Crippen molar-refractivity contribution in [2.24, 2.45) is 0 Å². The first-order chi connectivity index (χ1) is 9.99. The number of rotatable bonds is 5. The van der Waals surface area contributed by atoms with E-state index in [4.69, 9.17) is 5.73 Å². The van der Waals surface area contributed by atoms with Crippen molar-refractivity contribution >= 4 is 11.6 Å². The molecule has 0 spiro atoms. The van der Waals surface area contributed by atoms with Gasteiger partial charge < -0.3 is 15.5 Å². The van der Waals surface area contributed by atoms with Gasteiger partial charge in [-0.05, 0) is 51.6 Å². The topological polar surface area (TPSA) is 49.6 Å². The molecular formula is C17H27N3O. The lowest BCUT2D eigenvalue weighted by atomic mass is 10.1. The minimum Gasteiger partial charge on any atom is -0.398 e. The molecule has 1 aromatic carbocycles. The molecule has 1 amide bonds. The molecule has 0 aliphatic heterocycles. The second-order valence-electron chi connectivity index (χ2n) is 6.31. The fourth-order valence-electron chi connectivity index (χ4n) is 2.91. The molecule has 0 aromatic heterocycles. The molecule has 4 heteroatoms. The number of nitrogens with two attached hydrogens (primary N) is 1. The Balaban J connectivity index is 2.17. The van der Waals surface area contributed by atoms with Crippen molar-refractivity contribution in [3.63, 3.8) is 0 Å². The van der Waals surface area contributed by atoms with Crippen molar-refractivity contribution < 1.29 is 4.79 Å². The second kappa shape index (κ2) is 6.94. The van der Waals surface area contributed by atoms with E-state index in [9.17, 15) is 4.79 Å². The fraction of sp³-hybridized carbons (Fsp3) is 0.588. The highest BCUT2D eigenvalue weighted by Gasteiger charge is 2.27. The van der Waals surface area contributed by atoms with Crippen LogP contribution >= 0.6 is 0 Å². The number of amides is 1. The SMILES string of the molecule is Cc1ccc(C(=O)N(CCN(C)C)C2CCCC2)cc1N. The third-order valence-electron chi connectivity index (χ3n) is 4.34. The van der Waals surface area contributed by atoms with E-state index in [1.807, 2.05) is 39.2 Å². The number of likely N-dealkylation sites (N-methyl/N-ethyl adjacent to an activating group) is 1. The molecule has 4 nitrogen and oxygen atoms in total. The molecule has 0 atom stereocenters. The zero-order valence-electron chi connectivity index (χ0n) is 13.4. The average Bonchev–Trinajstić information content (AvgIpc) is 2.95. The highest BCUT2D eigenvalue weighted by molar-refractivity contribution is 5.95. The number of hydrogen-bond acceptors (Lipinski definition) is 3. The first-order valence-corrected chi connectivity index (χ1v) is 7.81. The van der Waals surface area contributed by atoms with Crippen LogP contribution in [0, 0.1) is 6.92 Å². The molecule has 2 N–H and O–H groups in total. The summed E-state index contributed by atoms with van der Waals surface area (Å²) in [5.41, 5.74) is 8.38. The van der Waals surface area contributed by atoms with Crippen LogP contribution in [0.4, 0.5) is 5.69 Å². The molecule has 1 fully saturated rings. The van der Waals surface area contributed by atoms with Crippen LogP contribution < -0.4 is 5.73 Å². The molecule has 1 aliphatic carbocycles. The largest absolute Gasteiger partial charge is 0.398 e. The number of nitrogen functional groups attached to an aromatic ring is 1. The quantitative estimate of drug-likeness (QED) is 0.847. The predicted molar refractivity (Wildman–Crippen MR) is 87.4 cm³/mol. The van der Waals surface area contributed by atoms with E-state index in [1.165, 1.54) is 12.8 Å². The van der Waals surface area contributed by atoms with E-state index >= 15 is 0 Å². The van der Waals surface area contributed by atoms with Crippen LogP contribution in [0.25, 0.3) is 0 Å². The molecule has 0 saturated heterocycles. The summed E-state index contributed by atoms with van der Waals surface area (Å²) in [4.78, 5) is 17.0. The average molecular weight is 289 g/mol. The van der Waals surface area contributed by atoms with Gasteiger partial charge in [0.2, 0.25) is 0 Å². The highest BCUT2D eigenvalue weighted by atomic mass is 16.2. The lowest BCUT2D eigenvalue weighted by Gasteiger charge is -2.30. The number of nitrogens with zero attached hydrogens (tertiary/aromatic N) is 2. The highest BCUT2D eigenvalue weighted by Crippen LogP contribution is 2.25. The first kappa shape index (κ1) is 15.8. The molecule has 0 unspecified atom stereocenters. The summed E-state index contributed by atoms with van der Waals surface area (Å²) in [6.07, 6.45) is 4.71. The van der Waals surface area contributed by atoms with E-state index in [0.29, 0.717) is 17.3 Å². The van der Waals surface area contributed by atoms with Crippen LogP contribution in [-0.4, -0.2) is 48.9 Å². The molecule has 116 valence electrons. The monoisotopic (exact) mass is 289 g/mol. The number of aryl methyl sites for hydroxylation is 1. The normalized spacial score (nSPS) is 15.6. The maximum absolute atomic E-state index is 12.9. The molecule has 0 heterocycles. The summed E-state index contributed by atoms with van der Waals surface area (Å²) in [5.74, 6) is 0.121. The minimum absolute atomic E-state index is 0.121. The number of hydrogen-bond donors (Lipinski definition) is 1. The lowest BCUT2D eigenvalue weighted by molar-refractivity contribution is 0.0667. The molecular weight excluding hydrogens is 262 g/mol. The Bertz CT molecular complexity index is 493. The summed E-state index contributed by atoms with van der Waals surface area (Å²) in [5, 5.41) is 0. The number of carbonyl (C=O) groups is 1. The van der Waals surface area contributed by atoms with E-state index < -0.39 is 0 Å². The third kappa shape index (κ3) is 3.97. The van der Waals surface area contributed by atoms with Crippen LogP contribution in [0.1, 0.15) is 41.6 Å².